The highest BCUT2D eigenvalue weighted by atomic mass is 32.2. The summed E-state index contributed by atoms with van der Waals surface area (Å²) in [6, 6.07) is 3.00. The van der Waals surface area contributed by atoms with Crippen molar-refractivity contribution in [2.75, 3.05) is 20.1 Å². The maximum Gasteiger partial charge on any atom is 0.345 e. The van der Waals surface area contributed by atoms with E-state index in [4.69, 9.17) is 5.11 Å². The van der Waals surface area contributed by atoms with Gasteiger partial charge in [0.25, 0.3) is 0 Å². The highest BCUT2D eigenvalue weighted by molar-refractivity contribution is 7.91. The molecule has 0 aromatic carbocycles. The number of carbonyl (C=O) groups is 1. The van der Waals surface area contributed by atoms with Gasteiger partial charge >= 0.3 is 5.97 Å². The van der Waals surface area contributed by atoms with E-state index in [1.807, 2.05) is 7.05 Å². The van der Waals surface area contributed by atoms with E-state index in [1.54, 1.807) is 0 Å². The zero-order valence-corrected chi connectivity index (χ0v) is 13.4. The van der Waals surface area contributed by atoms with Crippen LogP contribution in [0.4, 0.5) is 0 Å². The fourth-order valence-electron chi connectivity index (χ4n) is 1.54. The first kappa shape index (κ1) is 17.1. The summed E-state index contributed by atoms with van der Waals surface area (Å²) in [6.45, 7) is 5.05. The predicted molar refractivity (Wildman–Crippen MR) is 78.8 cm³/mol. The fraction of sp³-hybridized carbons (Fsp3) is 0.583. The second kappa shape index (κ2) is 7.16. The first-order valence-corrected chi connectivity index (χ1v) is 8.61. The number of hydrogen-bond donors (Lipinski definition) is 2. The summed E-state index contributed by atoms with van der Waals surface area (Å²) in [5, 5.41) is 8.79. The first-order chi connectivity index (χ1) is 9.27. The molecule has 0 saturated carbocycles. The molecule has 1 aromatic rings. The van der Waals surface area contributed by atoms with Crippen molar-refractivity contribution in [3.63, 3.8) is 0 Å². The van der Waals surface area contributed by atoms with E-state index in [0.29, 0.717) is 19.1 Å². The van der Waals surface area contributed by atoms with Crippen LogP contribution in [0.3, 0.4) is 0 Å². The van der Waals surface area contributed by atoms with E-state index in [0.717, 1.165) is 17.8 Å². The molecule has 1 heterocycles. The standard InChI is InChI=1S/C12H20N2O4S2/c1-4-9(2)14(3)8-7-13-20(17,18)11-6-5-10(19-11)12(15)16/h5-6,9,13H,4,7-8H2,1-3H3,(H,15,16). The van der Waals surface area contributed by atoms with Crippen molar-refractivity contribution in [1.29, 1.82) is 0 Å². The maximum absolute atomic E-state index is 12.0. The zero-order valence-electron chi connectivity index (χ0n) is 11.8. The number of hydrogen-bond acceptors (Lipinski definition) is 5. The molecule has 114 valence electrons. The minimum Gasteiger partial charge on any atom is -0.477 e. The van der Waals surface area contributed by atoms with Crippen LogP contribution in [0, 0.1) is 0 Å². The van der Waals surface area contributed by atoms with Crippen LogP contribution in [0.25, 0.3) is 0 Å². The number of sulfonamides is 1. The third-order valence-corrected chi connectivity index (χ3v) is 6.18. The average Bonchev–Trinajstić information content (AvgIpc) is 2.87. The highest BCUT2D eigenvalue weighted by Crippen LogP contribution is 2.21. The largest absolute Gasteiger partial charge is 0.477 e. The third-order valence-electron chi connectivity index (χ3n) is 3.16. The molecule has 1 unspecified atom stereocenters. The van der Waals surface area contributed by atoms with E-state index >= 15 is 0 Å². The Morgan fingerprint density at radius 1 is 1.50 bits per heavy atom. The van der Waals surface area contributed by atoms with Gasteiger partial charge in [0.05, 0.1) is 0 Å². The number of nitrogens with zero attached hydrogens (tertiary/aromatic N) is 1. The lowest BCUT2D eigenvalue weighted by Gasteiger charge is -2.23. The average molecular weight is 320 g/mol. The molecule has 0 spiro atoms. The molecular weight excluding hydrogens is 300 g/mol. The first-order valence-electron chi connectivity index (χ1n) is 6.31. The number of aromatic carboxylic acids is 1. The monoisotopic (exact) mass is 320 g/mol. The van der Waals surface area contributed by atoms with Gasteiger partial charge in [0.2, 0.25) is 10.0 Å². The fourth-order valence-corrected chi connectivity index (χ4v) is 3.75. The van der Waals surface area contributed by atoms with Crippen molar-refractivity contribution < 1.29 is 18.3 Å². The SMILES string of the molecule is CCC(C)N(C)CCNS(=O)(=O)c1ccc(C(=O)O)s1. The van der Waals surface area contributed by atoms with Gasteiger partial charge < -0.3 is 10.0 Å². The number of carboxylic acid groups (broad SMARTS) is 1. The Balaban J connectivity index is 2.59. The van der Waals surface area contributed by atoms with E-state index in [9.17, 15) is 13.2 Å². The van der Waals surface area contributed by atoms with Gasteiger partial charge in [-0.15, -0.1) is 11.3 Å². The molecule has 0 saturated heterocycles. The molecule has 0 bridgehead atoms. The van der Waals surface area contributed by atoms with E-state index in [2.05, 4.69) is 23.5 Å². The molecule has 0 amide bonds. The Labute approximate surface area is 123 Å². The van der Waals surface area contributed by atoms with E-state index in [-0.39, 0.29) is 9.09 Å². The van der Waals surface area contributed by atoms with Gasteiger partial charge in [-0.1, -0.05) is 6.92 Å². The summed E-state index contributed by atoms with van der Waals surface area (Å²) in [6.07, 6.45) is 0.996. The lowest BCUT2D eigenvalue weighted by atomic mass is 10.2. The molecule has 0 radical (unpaired) electrons. The quantitative estimate of drug-likeness (QED) is 0.757. The van der Waals surface area contributed by atoms with Gasteiger partial charge in [-0.3, -0.25) is 0 Å². The minimum atomic E-state index is -3.62. The van der Waals surface area contributed by atoms with Crippen molar-refractivity contribution in [2.45, 2.75) is 30.5 Å². The number of carboxylic acids is 1. The van der Waals surface area contributed by atoms with Crippen molar-refractivity contribution in [2.24, 2.45) is 0 Å². The molecule has 0 aliphatic heterocycles. The van der Waals surface area contributed by atoms with E-state index in [1.165, 1.54) is 12.1 Å². The van der Waals surface area contributed by atoms with Crippen LogP contribution < -0.4 is 4.72 Å². The van der Waals surface area contributed by atoms with Gasteiger partial charge in [0.15, 0.2) is 0 Å². The van der Waals surface area contributed by atoms with Crippen LogP contribution >= 0.6 is 11.3 Å². The Hall–Kier alpha value is -0.960. The van der Waals surface area contributed by atoms with Gasteiger partial charge in [-0.25, -0.2) is 17.9 Å². The van der Waals surface area contributed by atoms with Crippen molar-refractivity contribution in [1.82, 2.24) is 9.62 Å². The summed E-state index contributed by atoms with van der Waals surface area (Å²) in [5.74, 6) is -1.12. The maximum atomic E-state index is 12.0. The molecule has 6 nitrogen and oxygen atoms in total. The molecule has 1 aromatic heterocycles. The lowest BCUT2D eigenvalue weighted by Crippen LogP contribution is -2.36. The number of rotatable bonds is 8. The normalized spacial score (nSPS) is 13.6. The second-order valence-electron chi connectivity index (χ2n) is 4.56. The minimum absolute atomic E-state index is 0.0158. The molecule has 0 fully saturated rings. The van der Waals surface area contributed by atoms with Crippen LogP contribution in [-0.2, 0) is 10.0 Å². The van der Waals surface area contributed by atoms with E-state index < -0.39 is 16.0 Å². The molecule has 1 rings (SSSR count). The van der Waals surface area contributed by atoms with Crippen molar-refractivity contribution >= 4 is 27.3 Å². The molecule has 0 aliphatic rings. The smallest absolute Gasteiger partial charge is 0.345 e. The Morgan fingerprint density at radius 2 is 2.15 bits per heavy atom. The highest BCUT2D eigenvalue weighted by Gasteiger charge is 2.19. The van der Waals surface area contributed by atoms with Gasteiger partial charge in [0.1, 0.15) is 9.09 Å². The van der Waals surface area contributed by atoms with Crippen LogP contribution in [0.1, 0.15) is 29.9 Å². The molecule has 1 atom stereocenters. The summed E-state index contributed by atoms with van der Waals surface area (Å²) in [7, 11) is -1.68. The topological polar surface area (TPSA) is 86.7 Å². The summed E-state index contributed by atoms with van der Waals surface area (Å²) >= 11 is 0.754. The third kappa shape index (κ3) is 4.55. The van der Waals surface area contributed by atoms with Crippen LogP contribution in [0.5, 0.6) is 0 Å². The van der Waals surface area contributed by atoms with Crippen molar-refractivity contribution in [3.8, 4) is 0 Å². The second-order valence-corrected chi connectivity index (χ2v) is 7.64. The summed E-state index contributed by atoms with van der Waals surface area (Å²) < 4.78 is 26.5. The molecule has 2 N–H and O–H groups in total. The predicted octanol–water partition coefficient (Wildman–Crippen LogP) is 1.45. The molecular formula is C12H20N2O4S2. The summed E-state index contributed by atoms with van der Waals surface area (Å²) in [4.78, 5) is 12.8. The Bertz CT molecular complexity index is 554. The number of nitrogens with one attached hydrogen (secondary N) is 1. The Morgan fingerprint density at radius 3 is 2.65 bits per heavy atom. The van der Waals surface area contributed by atoms with Crippen molar-refractivity contribution in [3.05, 3.63) is 17.0 Å². The van der Waals surface area contributed by atoms with Gasteiger partial charge in [-0.2, -0.15) is 0 Å². The molecule has 8 heteroatoms. The van der Waals surface area contributed by atoms with Crippen LogP contribution in [0.15, 0.2) is 16.3 Å². The molecule has 0 aliphatic carbocycles. The Kier molecular flexibility index (Phi) is 6.12. The van der Waals surface area contributed by atoms with Gasteiger partial charge in [-0.05, 0) is 32.5 Å². The van der Waals surface area contributed by atoms with Crippen LogP contribution in [-0.4, -0.2) is 50.6 Å². The number of thiophene rings is 1. The van der Waals surface area contributed by atoms with Crippen LogP contribution in [0.2, 0.25) is 0 Å². The van der Waals surface area contributed by atoms with Gasteiger partial charge in [0, 0.05) is 19.1 Å². The molecule has 20 heavy (non-hydrogen) atoms. The zero-order chi connectivity index (χ0) is 15.3. The number of likely N-dealkylation sites (N-methyl/N-ethyl adjacent to an activating group) is 1. The summed E-state index contributed by atoms with van der Waals surface area (Å²) in [5.41, 5.74) is 0. The lowest BCUT2D eigenvalue weighted by molar-refractivity contribution is 0.0702.